The van der Waals surface area contributed by atoms with Gasteiger partial charge in [-0.1, -0.05) is 26.0 Å². The van der Waals surface area contributed by atoms with Gasteiger partial charge in [-0.2, -0.15) is 0 Å². The zero-order valence-corrected chi connectivity index (χ0v) is 9.62. The average Bonchev–Trinajstić information content (AvgIpc) is 2.74. The molecule has 3 heteroatoms. The average molecular weight is 222 g/mol. The van der Waals surface area contributed by atoms with Crippen molar-refractivity contribution in [3.05, 3.63) is 35.1 Å². The number of hydrogen-bond donors (Lipinski definition) is 1. The molecule has 0 saturated heterocycles. The SMILES string of the molecule is Cc1cc([C@H]2[C@H](C(=O)O)C2(C)C)ccc1F. The van der Waals surface area contributed by atoms with Gasteiger partial charge in [-0.15, -0.1) is 0 Å². The van der Waals surface area contributed by atoms with Crippen molar-refractivity contribution >= 4 is 5.97 Å². The summed E-state index contributed by atoms with van der Waals surface area (Å²) in [6.45, 7) is 5.58. The summed E-state index contributed by atoms with van der Waals surface area (Å²) < 4.78 is 13.1. The molecule has 0 bridgehead atoms. The molecule has 2 rings (SSSR count). The van der Waals surface area contributed by atoms with Crippen LogP contribution in [0.1, 0.15) is 30.9 Å². The largest absolute Gasteiger partial charge is 0.481 e. The maximum absolute atomic E-state index is 13.1. The topological polar surface area (TPSA) is 37.3 Å². The van der Waals surface area contributed by atoms with E-state index in [4.69, 9.17) is 5.11 Å². The molecule has 16 heavy (non-hydrogen) atoms. The van der Waals surface area contributed by atoms with Crippen molar-refractivity contribution in [1.82, 2.24) is 0 Å². The van der Waals surface area contributed by atoms with Crippen LogP contribution in [0.15, 0.2) is 18.2 Å². The number of carboxylic acids is 1. The third-order valence-corrected chi connectivity index (χ3v) is 3.63. The smallest absolute Gasteiger partial charge is 0.307 e. The number of benzene rings is 1. The van der Waals surface area contributed by atoms with Crippen molar-refractivity contribution in [3.63, 3.8) is 0 Å². The van der Waals surface area contributed by atoms with E-state index in [1.165, 1.54) is 6.07 Å². The van der Waals surface area contributed by atoms with Gasteiger partial charge in [-0.05, 0) is 29.5 Å². The number of carbonyl (C=O) groups is 1. The molecule has 0 unspecified atom stereocenters. The predicted molar refractivity (Wildman–Crippen MR) is 58.8 cm³/mol. The predicted octanol–water partition coefficient (Wildman–Crippen LogP) is 2.96. The minimum absolute atomic E-state index is 0.00398. The molecule has 2 atom stereocenters. The van der Waals surface area contributed by atoms with Gasteiger partial charge in [0.2, 0.25) is 0 Å². The zero-order chi connectivity index (χ0) is 12.1. The van der Waals surface area contributed by atoms with Crippen LogP contribution in [0.5, 0.6) is 0 Å². The monoisotopic (exact) mass is 222 g/mol. The molecular weight excluding hydrogens is 207 g/mol. The van der Waals surface area contributed by atoms with Crippen LogP contribution in [0.2, 0.25) is 0 Å². The van der Waals surface area contributed by atoms with Gasteiger partial charge in [0, 0.05) is 5.92 Å². The van der Waals surface area contributed by atoms with E-state index in [1.54, 1.807) is 19.1 Å². The first-order chi connectivity index (χ1) is 7.35. The van der Waals surface area contributed by atoms with E-state index < -0.39 is 5.97 Å². The van der Waals surface area contributed by atoms with Crippen molar-refractivity contribution in [1.29, 1.82) is 0 Å². The van der Waals surface area contributed by atoms with E-state index in [0.29, 0.717) is 5.56 Å². The summed E-state index contributed by atoms with van der Waals surface area (Å²) in [6, 6.07) is 4.86. The number of halogens is 1. The summed E-state index contributed by atoms with van der Waals surface area (Å²) in [5.74, 6) is -1.35. The quantitative estimate of drug-likeness (QED) is 0.835. The maximum atomic E-state index is 13.1. The molecule has 0 aromatic heterocycles. The Morgan fingerprint density at radius 2 is 2.06 bits per heavy atom. The lowest BCUT2D eigenvalue weighted by atomic mass is 10.0. The van der Waals surface area contributed by atoms with Crippen LogP contribution in [0.3, 0.4) is 0 Å². The molecule has 1 aromatic carbocycles. The highest BCUT2D eigenvalue weighted by Crippen LogP contribution is 2.64. The normalized spacial score (nSPS) is 26.5. The number of carboxylic acid groups (broad SMARTS) is 1. The van der Waals surface area contributed by atoms with Gasteiger partial charge < -0.3 is 5.11 Å². The third-order valence-electron chi connectivity index (χ3n) is 3.63. The summed E-state index contributed by atoms with van der Waals surface area (Å²) in [4.78, 5) is 11.0. The van der Waals surface area contributed by atoms with Gasteiger partial charge >= 0.3 is 5.97 Å². The molecule has 0 amide bonds. The fourth-order valence-electron chi connectivity index (χ4n) is 2.58. The number of hydrogen-bond acceptors (Lipinski definition) is 1. The van der Waals surface area contributed by atoms with E-state index >= 15 is 0 Å². The zero-order valence-electron chi connectivity index (χ0n) is 9.62. The minimum Gasteiger partial charge on any atom is -0.481 e. The number of rotatable bonds is 2. The van der Waals surface area contributed by atoms with Crippen LogP contribution in [0.25, 0.3) is 0 Å². The van der Waals surface area contributed by atoms with Crippen LogP contribution < -0.4 is 0 Å². The Morgan fingerprint density at radius 1 is 1.44 bits per heavy atom. The molecule has 1 saturated carbocycles. The first-order valence-electron chi connectivity index (χ1n) is 5.34. The minimum atomic E-state index is -0.767. The summed E-state index contributed by atoms with van der Waals surface area (Å²) >= 11 is 0. The van der Waals surface area contributed by atoms with Crippen molar-refractivity contribution in [2.75, 3.05) is 0 Å². The molecule has 1 aliphatic carbocycles. The highest BCUT2D eigenvalue weighted by molar-refractivity contribution is 5.77. The van der Waals surface area contributed by atoms with Gasteiger partial charge in [0.05, 0.1) is 5.92 Å². The second-order valence-corrected chi connectivity index (χ2v) is 5.12. The molecule has 86 valence electrons. The summed E-state index contributed by atoms with van der Waals surface area (Å²) in [7, 11) is 0. The Kier molecular flexibility index (Phi) is 2.30. The van der Waals surface area contributed by atoms with E-state index in [-0.39, 0.29) is 23.1 Å². The van der Waals surface area contributed by atoms with Gasteiger partial charge in [-0.3, -0.25) is 4.79 Å². The van der Waals surface area contributed by atoms with Crippen molar-refractivity contribution < 1.29 is 14.3 Å². The van der Waals surface area contributed by atoms with Gasteiger partial charge in [-0.25, -0.2) is 4.39 Å². The van der Waals surface area contributed by atoms with Gasteiger partial charge in [0.25, 0.3) is 0 Å². The Bertz CT molecular complexity index is 451. The van der Waals surface area contributed by atoms with Crippen LogP contribution in [-0.2, 0) is 4.79 Å². The molecule has 1 aliphatic rings. The molecule has 0 aliphatic heterocycles. The van der Waals surface area contributed by atoms with Crippen molar-refractivity contribution in [2.45, 2.75) is 26.7 Å². The maximum Gasteiger partial charge on any atom is 0.307 e. The lowest BCUT2D eigenvalue weighted by molar-refractivity contribution is -0.139. The van der Waals surface area contributed by atoms with Crippen LogP contribution in [0, 0.1) is 24.1 Å². The standard InChI is InChI=1S/C13H15FO2/c1-7-6-8(4-5-9(7)14)10-11(12(15)16)13(10,2)3/h4-6,10-11H,1-3H3,(H,15,16)/t10-,11+/m0/s1. The fraction of sp³-hybridized carbons (Fsp3) is 0.462. The van der Waals surface area contributed by atoms with Gasteiger partial charge in [0.1, 0.15) is 5.82 Å². The van der Waals surface area contributed by atoms with Crippen LogP contribution in [0.4, 0.5) is 4.39 Å². The first-order valence-corrected chi connectivity index (χ1v) is 5.34. The van der Waals surface area contributed by atoms with Crippen molar-refractivity contribution in [2.24, 2.45) is 11.3 Å². The highest BCUT2D eigenvalue weighted by Gasteiger charge is 2.62. The van der Waals surface area contributed by atoms with E-state index in [0.717, 1.165) is 5.56 Å². The molecule has 0 spiro atoms. The molecule has 2 nitrogen and oxygen atoms in total. The molecule has 0 radical (unpaired) electrons. The van der Waals surface area contributed by atoms with Gasteiger partial charge in [0.15, 0.2) is 0 Å². The summed E-state index contributed by atoms with van der Waals surface area (Å²) in [5.41, 5.74) is 1.27. The Balaban J connectivity index is 2.33. The Hall–Kier alpha value is -1.38. The highest BCUT2D eigenvalue weighted by atomic mass is 19.1. The van der Waals surface area contributed by atoms with E-state index in [9.17, 15) is 9.18 Å². The van der Waals surface area contributed by atoms with Crippen molar-refractivity contribution in [3.8, 4) is 0 Å². The summed E-state index contributed by atoms with van der Waals surface area (Å²) in [6.07, 6.45) is 0. The Morgan fingerprint density at radius 3 is 2.50 bits per heavy atom. The first kappa shape index (κ1) is 11.1. The summed E-state index contributed by atoms with van der Waals surface area (Å²) in [5, 5.41) is 9.07. The van der Waals surface area contributed by atoms with E-state index in [2.05, 4.69) is 0 Å². The number of aliphatic carboxylic acids is 1. The molecule has 1 aromatic rings. The van der Waals surface area contributed by atoms with Crippen LogP contribution >= 0.6 is 0 Å². The molecule has 0 heterocycles. The lowest BCUT2D eigenvalue weighted by Gasteiger charge is -2.04. The fourth-order valence-corrected chi connectivity index (χ4v) is 2.58. The molecule has 1 N–H and O–H groups in total. The number of aryl methyl sites for hydroxylation is 1. The molecule has 1 fully saturated rings. The lowest BCUT2D eigenvalue weighted by Crippen LogP contribution is -2.03. The van der Waals surface area contributed by atoms with Crippen LogP contribution in [-0.4, -0.2) is 11.1 Å². The molecular formula is C13H15FO2. The third kappa shape index (κ3) is 1.51. The Labute approximate surface area is 94.1 Å². The van der Waals surface area contributed by atoms with E-state index in [1.807, 2.05) is 13.8 Å². The second-order valence-electron chi connectivity index (χ2n) is 5.12. The second kappa shape index (κ2) is 3.30.